The maximum absolute atomic E-state index is 12.7. The number of carbonyl (C=O) groups excluding carboxylic acids is 2. The summed E-state index contributed by atoms with van der Waals surface area (Å²) < 4.78 is 0. The maximum atomic E-state index is 12.7. The van der Waals surface area contributed by atoms with Gasteiger partial charge in [0.05, 0.1) is 0 Å². The number of hydrogen-bond acceptors (Lipinski definition) is 2. The molecule has 0 radical (unpaired) electrons. The summed E-state index contributed by atoms with van der Waals surface area (Å²) in [5, 5.41) is 0. The first-order chi connectivity index (χ1) is 9.97. The summed E-state index contributed by atoms with van der Waals surface area (Å²) in [5.41, 5.74) is 4.69. The molecule has 2 rings (SSSR count). The molecule has 0 aromatic heterocycles. The van der Waals surface area contributed by atoms with E-state index in [0.29, 0.717) is 16.7 Å². The van der Waals surface area contributed by atoms with E-state index in [0.717, 1.165) is 36.0 Å². The van der Waals surface area contributed by atoms with Crippen LogP contribution in [0.1, 0.15) is 77.8 Å². The first-order valence-corrected chi connectivity index (χ1v) is 7.87. The van der Waals surface area contributed by atoms with Crippen LogP contribution in [-0.4, -0.2) is 11.6 Å². The molecule has 0 atom stereocenters. The number of hydrogen-bond donors (Lipinski definition) is 0. The van der Waals surface area contributed by atoms with Gasteiger partial charge in [0.15, 0.2) is 11.6 Å². The van der Waals surface area contributed by atoms with E-state index in [1.165, 1.54) is 12.8 Å². The monoisotopic (exact) mass is 284 g/mol. The molecular weight excluding hydrogens is 260 g/mol. The Morgan fingerprint density at radius 3 is 1.95 bits per heavy atom. The van der Waals surface area contributed by atoms with Crippen LogP contribution in [0.4, 0.5) is 0 Å². The summed E-state index contributed by atoms with van der Waals surface area (Å²) in [5.74, 6) is 0.0832. The van der Waals surface area contributed by atoms with Gasteiger partial charge in [-0.2, -0.15) is 0 Å². The van der Waals surface area contributed by atoms with Crippen LogP contribution in [-0.2, 0) is 0 Å². The van der Waals surface area contributed by atoms with E-state index in [1.807, 2.05) is 26.0 Å². The normalized spacial score (nSPS) is 14.7. The smallest absolute Gasteiger partial charge is 0.190 e. The van der Waals surface area contributed by atoms with Gasteiger partial charge in [-0.3, -0.25) is 9.59 Å². The van der Waals surface area contributed by atoms with E-state index in [2.05, 4.69) is 6.92 Å². The van der Waals surface area contributed by atoms with Crippen molar-refractivity contribution in [3.63, 3.8) is 0 Å². The molecule has 2 heteroatoms. The SMILES string of the molecule is CCCCCCC1=C(C)C(=O)c2cc(C)c(C)cc2C1=O. The van der Waals surface area contributed by atoms with Crippen LogP contribution in [0.15, 0.2) is 23.3 Å². The van der Waals surface area contributed by atoms with Gasteiger partial charge in [0.25, 0.3) is 0 Å². The van der Waals surface area contributed by atoms with Crippen LogP contribution in [0.25, 0.3) is 0 Å². The van der Waals surface area contributed by atoms with E-state index in [-0.39, 0.29) is 11.6 Å². The number of allylic oxidation sites excluding steroid dienone is 2. The molecule has 0 heterocycles. The van der Waals surface area contributed by atoms with E-state index in [9.17, 15) is 9.59 Å². The number of aryl methyl sites for hydroxylation is 2. The highest BCUT2D eigenvalue weighted by Crippen LogP contribution is 2.30. The summed E-state index contributed by atoms with van der Waals surface area (Å²) in [4.78, 5) is 25.2. The zero-order valence-corrected chi connectivity index (χ0v) is 13.5. The lowest BCUT2D eigenvalue weighted by molar-refractivity contribution is 0.0971. The minimum atomic E-state index is 0.0261. The average Bonchev–Trinajstić information content (AvgIpc) is 2.46. The van der Waals surface area contributed by atoms with Gasteiger partial charge in [0.2, 0.25) is 0 Å². The molecule has 0 saturated carbocycles. The van der Waals surface area contributed by atoms with Crippen LogP contribution in [0.2, 0.25) is 0 Å². The molecule has 0 spiro atoms. The summed E-state index contributed by atoms with van der Waals surface area (Å²) in [6.45, 7) is 7.93. The highest BCUT2D eigenvalue weighted by Gasteiger charge is 2.29. The molecule has 1 aliphatic carbocycles. The van der Waals surface area contributed by atoms with Crippen molar-refractivity contribution in [1.82, 2.24) is 0 Å². The van der Waals surface area contributed by atoms with Gasteiger partial charge < -0.3 is 0 Å². The van der Waals surface area contributed by atoms with Crippen LogP contribution in [0.5, 0.6) is 0 Å². The number of rotatable bonds is 5. The fourth-order valence-electron chi connectivity index (χ4n) is 2.89. The van der Waals surface area contributed by atoms with Crippen LogP contribution in [0.3, 0.4) is 0 Å². The zero-order chi connectivity index (χ0) is 15.6. The van der Waals surface area contributed by atoms with E-state index in [1.54, 1.807) is 6.92 Å². The molecule has 1 aromatic carbocycles. The molecule has 0 saturated heterocycles. The van der Waals surface area contributed by atoms with Crippen molar-refractivity contribution < 1.29 is 9.59 Å². The van der Waals surface area contributed by atoms with Crippen molar-refractivity contribution in [2.75, 3.05) is 0 Å². The molecule has 0 amide bonds. The van der Waals surface area contributed by atoms with Crippen LogP contribution < -0.4 is 0 Å². The summed E-state index contributed by atoms with van der Waals surface area (Å²) in [7, 11) is 0. The first kappa shape index (κ1) is 15.7. The summed E-state index contributed by atoms with van der Waals surface area (Å²) in [6, 6.07) is 3.74. The number of carbonyl (C=O) groups is 2. The molecule has 0 fully saturated rings. The molecule has 1 aliphatic rings. The molecular formula is C19H24O2. The Balaban J connectivity index is 2.32. The Kier molecular flexibility index (Phi) is 4.76. The molecule has 0 bridgehead atoms. The van der Waals surface area contributed by atoms with Gasteiger partial charge in [0.1, 0.15) is 0 Å². The number of ketones is 2. The Labute approximate surface area is 127 Å². The third kappa shape index (κ3) is 2.99. The predicted molar refractivity (Wildman–Crippen MR) is 86.0 cm³/mol. The van der Waals surface area contributed by atoms with Gasteiger partial charge in [-0.25, -0.2) is 0 Å². The van der Waals surface area contributed by atoms with Crippen molar-refractivity contribution in [1.29, 1.82) is 0 Å². The lowest BCUT2D eigenvalue weighted by Gasteiger charge is -2.20. The second-order valence-electron chi connectivity index (χ2n) is 6.05. The third-order valence-electron chi connectivity index (χ3n) is 4.47. The van der Waals surface area contributed by atoms with E-state index >= 15 is 0 Å². The fourth-order valence-corrected chi connectivity index (χ4v) is 2.89. The molecule has 21 heavy (non-hydrogen) atoms. The topological polar surface area (TPSA) is 34.1 Å². The minimum absolute atomic E-state index is 0.0261. The molecule has 0 aliphatic heterocycles. The molecule has 0 N–H and O–H groups in total. The Hall–Kier alpha value is -1.70. The Morgan fingerprint density at radius 1 is 0.810 bits per heavy atom. The number of Topliss-reactive ketones (excluding diaryl/α,β-unsaturated/α-hetero) is 2. The van der Waals surface area contributed by atoms with Crippen molar-refractivity contribution in [3.8, 4) is 0 Å². The molecule has 2 nitrogen and oxygen atoms in total. The van der Waals surface area contributed by atoms with Crippen LogP contribution in [0, 0.1) is 13.8 Å². The number of unbranched alkanes of at least 4 members (excludes halogenated alkanes) is 3. The van der Waals surface area contributed by atoms with E-state index in [4.69, 9.17) is 0 Å². The highest BCUT2D eigenvalue weighted by atomic mass is 16.1. The fraction of sp³-hybridized carbons (Fsp3) is 0.474. The van der Waals surface area contributed by atoms with Crippen molar-refractivity contribution in [2.45, 2.75) is 59.8 Å². The predicted octanol–water partition coefficient (Wildman–Crippen LogP) is 4.97. The quantitative estimate of drug-likeness (QED) is 0.715. The largest absolute Gasteiger partial charge is 0.289 e. The summed E-state index contributed by atoms with van der Waals surface area (Å²) >= 11 is 0. The first-order valence-electron chi connectivity index (χ1n) is 7.87. The van der Waals surface area contributed by atoms with E-state index < -0.39 is 0 Å². The molecule has 1 aromatic rings. The van der Waals surface area contributed by atoms with Crippen molar-refractivity contribution in [2.24, 2.45) is 0 Å². The average molecular weight is 284 g/mol. The molecule has 0 unspecified atom stereocenters. The zero-order valence-electron chi connectivity index (χ0n) is 13.5. The number of fused-ring (bicyclic) bond motifs is 1. The maximum Gasteiger partial charge on any atom is 0.190 e. The van der Waals surface area contributed by atoms with Gasteiger partial charge >= 0.3 is 0 Å². The second kappa shape index (κ2) is 6.38. The Morgan fingerprint density at radius 2 is 1.38 bits per heavy atom. The summed E-state index contributed by atoms with van der Waals surface area (Å²) in [6.07, 6.45) is 5.19. The Bertz CT molecular complexity index is 621. The van der Waals surface area contributed by atoms with Gasteiger partial charge in [0, 0.05) is 22.3 Å². The standard InChI is InChI=1S/C19H24O2/c1-5-6-7-8-9-15-14(4)18(20)16-10-12(2)13(3)11-17(16)19(15)21/h10-11H,5-9H2,1-4H3. The van der Waals surface area contributed by atoms with Gasteiger partial charge in [-0.05, 0) is 56.9 Å². The lowest BCUT2D eigenvalue weighted by Crippen LogP contribution is -2.21. The second-order valence-corrected chi connectivity index (χ2v) is 6.05. The van der Waals surface area contributed by atoms with Crippen LogP contribution >= 0.6 is 0 Å². The van der Waals surface area contributed by atoms with Gasteiger partial charge in [-0.15, -0.1) is 0 Å². The minimum Gasteiger partial charge on any atom is -0.289 e. The van der Waals surface area contributed by atoms with Gasteiger partial charge in [-0.1, -0.05) is 26.2 Å². The third-order valence-corrected chi connectivity index (χ3v) is 4.47. The van der Waals surface area contributed by atoms with Crippen molar-refractivity contribution in [3.05, 3.63) is 45.5 Å². The highest BCUT2D eigenvalue weighted by molar-refractivity contribution is 6.26. The van der Waals surface area contributed by atoms with Crippen molar-refractivity contribution >= 4 is 11.6 Å². The molecule has 112 valence electrons. The lowest BCUT2D eigenvalue weighted by atomic mass is 9.81. The number of benzene rings is 1.